The highest BCUT2D eigenvalue weighted by atomic mass is 16.5. The standard InChI is InChI=1S/C21H29N3O5/c1-13(2)11-16(21(27)23-10-9-18-19(23)17(25)12-29-18)22-20(26)14-5-7-15(8-6-14)24(3,4)28/h5-8,13,16,18-19,28H,9-12H2,1-4H3/p+1/t16-,18+,19+/m0/s1. The summed E-state index contributed by atoms with van der Waals surface area (Å²) in [7, 11) is 3.23. The van der Waals surface area contributed by atoms with Crippen molar-refractivity contribution in [2.75, 3.05) is 27.2 Å². The molecule has 0 spiro atoms. The SMILES string of the molecule is CC(C)C[C@H](NC(=O)c1ccc([N+](C)(C)O)cc1)C(=O)N1CC[C@H]2OCC(=O)[C@H]21. The van der Waals surface area contributed by atoms with Gasteiger partial charge in [0.2, 0.25) is 5.91 Å². The molecule has 3 atom stereocenters. The second-order valence-corrected chi connectivity index (χ2v) is 8.68. The van der Waals surface area contributed by atoms with Gasteiger partial charge < -0.3 is 15.0 Å². The molecule has 2 saturated heterocycles. The number of rotatable bonds is 6. The predicted octanol–water partition coefficient (Wildman–Crippen LogP) is 1.36. The Morgan fingerprint density at radius 2 is 1.93 bits per heavy atom. The number of hydrogen-bond donors (Lipinski definition) is 2. The number of nitrogens with zero attached hydrogens (tertiary/aromatic N) is 2. The van der Waals surface area contributed by atoms with Crippen LogP contribution in [-0.2, 0) is 14.3 Å². The van der Waals surface area contributed by atoms with Gasteiger partial charge in [0, 0.05) is 24.2 Å². The van der Waals surface area contributed by atoms with Crippen LogP contribution in [0.1, 0.15) is 37.0 Å². The van der Waals surface area contributed by atoms with Gasteiger partial charge in [0.1, 0.15) is 32.8 Å². The van der Waals surface area contributed by atoms with E-state index in [1.165, 1.54) is 0 Å². The van der Waals surface area contributed by atoms with Gasteiger partial charge in [-0.05, 0) is 30.9 Å². The van der Waals surface area contributed by atoms with Crippen molar-refractivity contribution >= 4 is 23.3 Å². The molecule has 2 amide bonds. The molecule has 0 saturated carbocycles. The summed E-state index contributed by atoms with van der Waals surface area (Å²) in [5.41, 5.74) is 1.04. The zero-order valence-corrected chi connectivity index (χ0v) is 17.4. The number of hydroxylamine groups is 2. The van der Waals surface area contributed by atoms with Gasteiger partial charge in [-0.3, -0.25) is 14.4 Å². The lowest BCUT2D eigenvalue weighted by Crippen LogP contribution is -2.52. The Morgan fingerprint density at radius 3 is 2.52 bits per heavy atom. The Morgan fingerprint density at radius 1 is 1.28 bits per heavy atom. The Labute approximate surface area is 171 Å². The molecule has 0 bridgehead atoms. The molecule has 8 nitrogen and oxygen atoms in total. The molecule has 158 valence electrons. The van der Waals surface area contributed by atoms with Crippen LogP contribution in [0.15, 0.2) is 24.3 Å². The molecule has 1 aromatic carbocycles. The quantitative estimate of drug-likeness (QED) is 0.551. The number of likely N-dealkylation sites (tertiary alicyclic amines) is 1. The molecule has 1 aromatic rings. The first-order valence-corrected chi connectivity index (χ1v) is 10.0. The monoisotopic (exact) mass is 404 g/mol. The topological polar surface area (TPSA) is 95.9 Å². The van der Waals surface area contributed by atoms with E-state index in [1.54, 1.807) is 43.3 Å². The molecule has 2 fully saturated rings. The number of quaternary nitrogens is 1. The van der Waals surface area contributed by atoms with Crippen molar-refractivity contribution in [1.29, 1.82) is 0 Å². The highest BCUT2D eigenvalue weighted by molar-refractivity contribution is 5.99. The maximum absolute atomic E-state index is 13.2. The first-order chi connectivity index (χ1) is 13.6. The largest absolute Gasteiger partial charge is 0.368 e. The molecular formula is C21H30N3O5+. The van der Waals surface area contributed by atoms with Crippen LogP contribution >= 0.6 is 0 Å². The van der Waals surface area contributed by atoms with Crippen molar-refractivity contribution in [3.63, 3.8) is 0 Å². The number of nitrogens with one attached hydrogen (secondary N) is 1. The number of carbonyl (C=O) groups is 3. The molecule has 2 heterocycles. The Balaban J connectivity index is 1.74. The number of hydrogen-bond acceptors (Lipinski definition) is 5. The van der Waals surface area contributed by atoms with Gasteiger partial charge in [-0.2, -0.15) is 4.65 Å². The zero-order chi connectivity index (χ0) is 21.3. The smallest absolute Gasteiger partial charge is 0.251 e. The number of ether oxygens (including phenoxy) is 1. The van der Waals surface area contributed by atoms with E-state index < -0.39 is 12.1 Å². The van der Waals surface area contributed by atoms with Crippen LogP contribution in [0, 0.1) is 5.92 Å². The van der Waals surface area contributed by atoms with Crippen molar-refractivity contribution in [1.82, 2.24) is 14.9 Å². The van der Waals surface area contributed by atoms with Gasteiger partial charge in [-0.1, -0.05) is 13.8 Å². The zero-order valence-electron chi connectivity index (χ0n) is 17.4. The third-order valence-electron chi connectivity index (χ3n) is 5.47. The number of amides is 2. The third-order valence-corrected chi connectivity index (χ3v) is 5.47. The van der Waals surface area contributed by atoms with Crippen molar-refractivity contribution in [3.8, 4) is 0 Å². The number of carbonyl (C=O) groups excluding carboxylic acids is 3. The molecule has 0 aliphatic carbocycles. The second kappa shape index (κ2) is 8.22. The summed E-state index contributed by atoms with van der Waals surface area (Å²) in [6.45, 7) is 4.48. The van der Waals surface area contributed by atoms with Gasteiger partial charge in [-0.15, -0.1) is 0 Å². The van der Waals surface area contributed by atoms with Gasteiger partial charge in [-0.25, -0.2) is 5.21 Å². The molecule has 0 unspecified atom stereocenters. The minimum Gasteiger partial charge on any atom is -0.368 e. The molecule has 0 radical (unpaired) electrons. The maximum Gasteiger partial charge on any atom is 0.251 e. The second-order valence-electron chi connectivity index (χ2n) is 8.68. The van der Waals surface area contributed by atoms with E-state index in [9.17, 15) is 19.6 Å². The van der Waals surface area contributed by atoms with E-state index >= 15 is 0 Å². The minimum absolute atomic E-state index is 0.0480. The molecule has 0 aromatic heterocycles. The van der Waals surface area contributed by atoms with E-state index in [0.717, 1.165) is 0 Å². The van der Waals surface area contributed by atoms with Crippen molar-refractivity contribution < 1.29 is 24.3 Å². The first kappa shape index (κ1) is 21.4. The summed E-state index contributed by atoms with van der Waals surface area (Å²) in [6.07, 6.45) is 0.891. The van der Waals surface area contributed by atoms with Crippen molar-refractivity contribution in [2.45, 2.75) is 44.9 Å². The summed E-state index contributed by atoms with van der Waals surface area (Å²) in [4.78, 5) is 39.7. The summed E-state index contributed by atoms with van der Waals surface area (Å²) in [6, 6.07) is 5.36. The van der Waals surface area contributed by atoms with Gasteiger partial charge in [0.05, 0.1) is 6.10 Å². The fourth-order valence-electron chi connectivity index (χ4n) is 3.95. The summed E-state index contributed by atoms with van der Waals surface area (Å²) in [5.74, 6) is -0.476. The molecule has 3 rings (SSSR count). The van der Waals surface area contributed by atoms with E-state index in [4.69, 9.17) is 4.74 Å². The molecular weight excluding hydrogens is 374 g/mol. The van der Waals surface area contributed by atoms with Crippen LogP contribution < -0.4 is 9.96 Å². The Kier molecular flexibility index (Phi) is 6.07. The predicted molar refractivity (Wildman–Crippen MR) is 107 cm³/mol. The molecule has 8 heteroatoms. The van der Waals surface area contributed by atoms with Gasteiger partial charge in [0.15, 0.2) is 11.5 Å². The highest BCUT2D eigenvalue weighted by Gasteiger charge is 2.48. The van der Waals surface area contributed by atoms with Crippen molar-refractivity contribution in [3.05, 3.63) is 29.8 Å². The summed E-state index contributed by atoms with van der Waals surface area (Å²) < 4.78 is 5.12. The van der Waals surface area contributed by atoms with E-state index in [1.807, 2.05) is 13.8 Å². The normalized spacial score (nSPS) is 22.7. The van der Waals surface area contributed by atoms with Crippen LogP contribution in [0.2, 0.25) is 0 Å². The first-order valence-electron chi connectivity index (χ1n) is 10.0. The third kappa shape index (κ3) is 4.66. The van der Waals surface area contributed by atoms with Crippen LogP contribution in [0.4, 0.5) is 5.69 Å². The lowest BCUT2D eigenvalue weighted by molar-refractivity contribution is -0.138. The van der Waals surface area contributed by atoms with Gasteiger partial charge in [0.25, 0.3) is 5.91 Å². The van der Waals surface area contributed by atoms with Crippen LogP contribution in [-0.4, -0.2) is 73.1 Å². The highest BCUT2D eigenvalue weighted by Crippen LogP contribution is 2.28. The molecule has 2 N–H and O–H groups in total. The minimum atomic E-state index is -0.709. The van der Waals surface area contributed by atoms with Crippen LogP contribution in [0.5, 0.6) is 0 Å². The number of benzene rings is 1. The van der Waals surface area contributed by atoms with Crippen molar-refractivity contribution in [2.24, 2.45) is 5.92 Å². The fraction of sp³-hybridized carbons (Fsp3) is 0.571. The van der Waals surface area contributed by atoms with Gasteiger partial charge >= 0.3 is 0 Å². The molecule has 2 aliphatic heterocycles. The van der Waals surface area contributed by atoms with Crippen LogP contribution in [0.3, 0.4) is 0 Å². The summed E-state index contributed by atoms with van der Waals surface area (Å²) in [5, 5.41) is 12.8. The average Bonchev–Trinajstić information content (AvgIpc) is 3.23. The molecule has 2 aliphatic rings. The average molecular weight is 404 g/mol. The van der Waals surface area contributed by atoms with Crippen LogP contribution in [0.25, 0.3) is 0 Å². The van der Waals surface area contributed by atoms with E-state index in [0.29, 0.717) is 30.6 Å². The Hall–Kier alpha value is -2.29. The molecule has 29 heavy (non-hydrogen) atoms. The van der Waals surface area contributed by atoms with E-state index in [-0.39, 0.29) is 40.9 Å². The fourth-order valence-corrected chi connectivity index (χ4v) is 3.95. The van der Waals surface area contributed by atoms with E-state index in [2.05, 4.69) is 5.32 Å². The number of fused-ring (bicyclic) bond motifs is 1. The lowest BCUT2D eigenvalue weighted by Gasteiger charge is -2.28. The lowest BCUT2D eigenvalue weighted by atomic mass is 10.0. The Bertz CT molecular complexity index is 785. The summed E-state index contributed by atoms with van der Waals surface area (Å²) >= 11 is 0. The number of Topliss-reactive ketones (excluding diaryl/α,β-unsaturated/α-hetero) is 1. The maximum atomic E-state index is 13.2. The number of ketones is 1.